The Hall–Kier alpha value is -2.46. The zero-order valence-corrected chi connectivity index (χ0v) is 21.0. The van der Waals surface area contributed by atoms with Crippen molar-refractivity contribution in [2.75, 3.05) is 45.9 Å². The van der Waals surface area contributed by atoms with Crippen LogP contribution in [-0.4, -0.2) is 76.7 Å². The topological polar surface area (TPSA) is 118 Å². The molecule has 2 heterocycles. The Morgan fingerprint density at radius 2 is 1.89 bits per heavy atom. The molecule has 0 amide bonds. The van der Waals surface area contributed by atoms with Gasteiger partial charge < -0.3 is 35.3 Å². The summed E-state index contributed by atoms with van der Waals surface area (Å²) in [5, 5.41) is 36.3. The van der Waals surface area contributed by atoms with E-state index in [1.165, 1.54) is 12.1 Å². The van der Waals surface area contributed by atoms with Crippen molar-refractivity contribution in [1.29, 1.82) is 0 Å². The van der Waals surface area contributed by atoms with Crippen molar-refractivity contribution in [2.24, 2.45) is 0 Å². The van der Waals surface area contributed by atoms with E-state index >= 15 is 0 Å². The molecule has 1 unspecified atom stereocenters. The highest BCUT2D eigenvalue weighted by Crippen LogP contribution is 2.29. The van der Waals surface area contributed by atoms with E-state index in [1.807, 2.05) is 24.3 Å². The molecule has 3 aromatic rings. The lowest BCUT2D eigenvalue weighted by atomic mass is 9.91. The van der Waals surface area contributed by atoms with Crippen LogP contribution in [0.15, 0.2) is 53.3 Å². The standard InChI is InChI=1S/C27H34ClN3O5/c28-22-4-2-1-3-19(22)9-15-36-16-14-31-12-10-27(35,11-13-31)18-29-17-24(33)20-5-7-23(32)26-21(20)6-8-25(34)30-26/h1-8,24,29,32-33,35H,9-18H2,(H,30,34). The lowest BCUT2D eigenvalue weighted by Crippen LogP contribution is -2.50. The summed E-state index contributed by atoms with van der Waals surface area (Å²) in [5.41, 5.74) is 0.845. The first-order valence-corrected chi connectivity index (χ1v) is 12.7. The van der Waals surface area contributed by atoms with E-state index in [-0.39, 0.29) is 17.9 Å². The molecule has 0 aliphatic carbocycles. The van der Waals surface area contributed by atoms with Gasteiger partial charge in [0.25, 0.3) is 0 Å². The number of pyridine rings is 1. The third-order valence-electron chi connectivity index (χ3n) is 6.87. The van der Waals surface area contributed by atoms with Crippen molar-refractivity contribution in [3.05, 3.63) is 75.0 Å². The van der Waals surface area contributed by atoms with Gasteiger partial charge in [0.15, 0.2) is 0 Å². The summed E-state index contributed by atoms with van der Waals surface area (Å²) in [6, 6.07) is 13.9. The molecule has 36 heavy (non-hydrogen) atoms. The normalized spacial score (nSPS) is 16.9. The van der Waals surface area contributed by atoms with Crippen LogP contribution >= 0.6 is 11.6 Å². The van der Waals surface area contributed by atoms with Crippen molar-refractivity contribution in [2.45, 2.75) is 31.0 Å². The van der Waals surface area contributed by atoms with Crippen LogP contribution in [-0.2, 0) is 11.2 Å². The molecule has 8 nitrogen and oxygen atoms in total. The Bertz CT molecular complexity index is 1210. The summed E-state index contributed by atoms with van der Waals surface area (Å²) in [6.45, 7) is 4.26. The fourth-order valence-corrected chi connectivity index (χ4v) is 4.88. The number of aromatic nitrogens is 1. The molecule has 1 saturated heterocycles. The number of benzene rings is 2. The highest BCUT2D eigenvalue weighted by molar-refractivity contribution is 6.31. The molecule has 0 bridgehead atoms. The molecule has 5 N–H and O–H groups in total. The summed E-state index contributed by atoms with van der Waals surface area (Å²) in [5.74, 6) is -0.0429. The Balaban J connectivity index is 1.17. The Morgan fingerprint density at radius 1 is 1.11 bits per heavy atom. The first-order chi connectivity index (χ1) is 17.3. The molecule has 0 spiro atoms. The van der Waals surface area contributed by atoms with Crippen molar-refractivity contribution in [1.82, 2.24) is 15.2 Å². The van der Waals surface area contributed by atoms with E-state index in [0.717, 1.165) is 36.6 Å². The Kier molecular flexibility index (Phi) is 9.00. The van der Waals surface area contributed by atoms with E-state index in [1.54, 1.807) is 12.1 Å². The van der Waals surface area contributed by atoms with Crippen LogP contribution in [0, 0.1) is 0 Å². The maximum absolute atomic E-state index is 11.6. The number of piperidine rings is 1. The fraction of sp³-hybridized carbons (Fsp3) is 0.444. The van der Waals surface area contributed by atoms with Gasteiger partial charge in [-0.15, -0.1) is 0 Å². The van der Waals surface area contributed by atoms with Crippen LogP contribution in [0.2, 0.25) is 5.02 Å². The zero-order valence-electron chi connectivity index (χ0n) is 20.3. The van der Waals surface area contributed by atoms with E-state index < -0.39 is 11.7 Å². The maximum Gasteiger partial charge on any atom is 0.248 e. The highest BCUT2D eigenvalue weighted by atomic mass is 35.5. The van der Waals surface area contributed by atoms with Crippen LogP contribution in [0.3, 0.4) is 0 Å². The smallest absolute Gasteiger partial charge is 0.248 e. The van der Waals surface area contributed by atoms with Gasteiger partial charge in [-0.25, -0.2) is 0 Å². The minimum Gasteiger partial charge on any atom is -0.506 e. The van der Waals surface area contributed by atoms with Crippen LogP contribution in [0.5, 0.6) is 5.75 Å². The average molecular weight is 516 g/mol. The minimum absolute atomic E-state index is 0.0429. The molecule has 1 fully saturated rings. The quantitative estimate of drug-likeness (QED) is 0.249. The Morgan fingerprint density at radius 3 is 2.67 bits per heavy atom. The maximum atomic E-state index is 11.6. The van der Waals surface area contributed by atoms with Gasteiger partial charge in [-0.2, -0.15) is 0 Å². The molecular weight excluding hydrogens is 482 g/mol. The SMILES string of the molecule is O=c1ccc2c(C(O)CNCC3(O)CCN(CCOCCc4ccccc4Cl)CC3)ccc(O)c2[nH]1. The van der Waals surface area contributed by atoms with Crippen molar-refractivity contribution in [3.8, 4) is 5.75 Å². The van der Waals surface area contributed by atoms with Gasteiger partial charge in [-0.1, -0.05) is 35.9 Å². The van der Waals surface area contributed by atoms with Crippen LogP contribution < -0.4 is 10.9 Å². The van der Waals surface area contributed by atoms with Crippen LogP contribution in [0.1, 0.15) is 30.1 Å². The van der Waals surface area contributed by atoms with Gasteiger partial charge in [0.1, 0.15) is 5.75 Å². The van der Waals surface area contributed by atoms with E-state index in [9.17, 15) is 20.1 Å². The summed E-state index contributed by atoms with van der Waals surface area (Å²) in [7, 11) is 0. The minimum atomic E-state index is -0.856. The number of aliphatic hydroxyl groups excluding tert-OH is 1. The number of nitrogens with zero attached hydrogens (tertiary/aromatic N) is 1. The summed E-state index contributed by atoms with van der Waals surface area (Å²) in [4.78, 5) is 16.5. The number of halogens is 1. The fourth-order valence-electron chi connectivity index (χ4n) is 4.65. The van der Waals surface area contributed by atoms with Crippen molar-refractivity contribution < 1.29 is 20.1 Å². The monoisotopic (exact) mass is 515 g/mol. The van der Waals surface area contributed by atoms with Crippen LogP contribution in [0.25, 0.3) is 10.9 Å². The number of aromatic amines is 1. The average Bonchev–Trinajstić information content (AvgIpc) is 2.86. The molecule has 4 rings (SSSR count). The second-order valence-corrected chi connectivity index (χ2v) is 9.86. The van der Waals surface area contributed by atoms with Crippen molar-refractivity contribution >= 4 is 22.5 Å². The molecule has 1 aliphatic rings. The van der Waals surface area contributed by atoms with Crippen molar-refractivity contribution in [3.63, 3.8) is 0 Å². The molecule has 1 aromatic heterocycles. The second kappa shape index (κ2) is 12.2. The molecule has 2 aromatic carbocycles. The zero-order chi connectivity index (χ0) is 25.5. The van der Waals surface area contributed by atoms with Crippen LogP contribution in [0.4, 0.5) is 0 Å². The van der Waals surface area contributed by atoms with Gasteiger partial charge in [-0.3, -0.25) is 4.79 Å². The number of phenolic OH excluding ortho intramolecular Hbond substituents is 1. The number of ether oxygens (including phenoxy) is 1. The first-order valence-electron chi connectivity index (χ1n) is 12.3. The van der Waals surface area contributed by atoms with Gasteiger partial charge in [0, 0.05) is 49.2 Å². The third kappa shape index (κ3) is 6.85. The molecule has 9 heteroatoms. The number of likely N-dealkylation sites (tertiary alicyclic amines) is 1. The van der Waals surface area contributed by atoms with Gasteiger partial charge in [-0.05, 0) is 48.6 Å². The molecule has 0 radical (unpaired) electrons. The van der Waals surface area contributed by atoms with Gasteiger partial charge >= 0.3 is 0 Å². The van der Waals surface area contributed by atoms with E-state index in [4.69, 9.17) is 16.3 Å². The predicted molar refractivity (Wildman–Crippen MR) is 141 cm³/mol. The largest absolute Gasteiger partial charge is 0.506 e. The number of aliphatic hydroxyl groups is 2. The number of nitrogens with one attached hydrogen (secondary N) is 2. The summed E-state index contributed by atoms with van der Waals surface area (Å²) in [6.07, 6.45) is 1.21. The number of H-pyrrole nitrogens is 1. The summed E-state index contributed by atoms with van der Waals surface area (Å²) < 4.78 is 5.79. The third-order valence-corrected chi connectivity index (χ3v) is 7.24. The molecule has 1 atom stereocenters. The molecular formula is C27H34ClN3O5. The molecule has 0 saturated carbocycles. The number of phenols is 1. The van der Waals surface area contributed by atoms with E-state index in [0.29, 0.717) is 49.1 Å². The molecule has 194 valence electrons. The lowest BCUT2D eigenvalue weighted by Gasteiger charge is -2.38. The highest BCUT2D eigenvalue weighted by Gasteiger charge is 2.32. The number of fused-ring (bicyclic) bond motifs is 1. The lowest BCUT2D eigenvalue weighted by molar-refractivity contribution is -0.0266. The number of hydrogen-bond acceptors (Lipinski definition) is 7. The number of rotatable bonds is 11. The van der Waals surface area contributed by atoms with E-state index in [2.05, 4.69) is 15.2 Å². The summed E-state index contributed by atoms with van der Waals surface area (Å²) >= 11 is 6.18. The first kappa shape index (κ1) is 26.6. The van der Waals surface area contributed by atoms with Gasteiger partial charge in [0.2, 0.25) is 5.56 Å². The second-order valence-electron chi connectivity index (χ2n) is 9.45. The number of aromatic hydroxyl groups is 1. The number of hydrogen-bond donors (Lipinski definition) is 5. The predicted octanol–water partition coefficient (Wildman–Crippen LogP) is 2.60. The van der Waals surface area contributed by atoms with Gasteiger partial charge in [0.05, 0.1) is 30.4 Å². The molecule has 1 aliphatic heterocycles. The Labute approximate surface area is 215 Å².